The van der Waals surface area contributed by atoms with Gasteiger partial charge in [0.25, 0.3) is 0 Å². The van der Waals surface area contributed by atoms with E-state index < -0.39 is 0 Å². The number of Topliss-reactive ketones (excluding diaryl/α,β-unsaturated/α-hetero) is 1. The Morgan fingerprint density at radius 3 is 2.80 bits per heavy atom. The zero-order valence-corrected chi connectivity index (χ0v) is 11.5. The molecule has 0 aliphatic carbocycles. The fourth-order valence-electron chi connectivity index (χ4n) is 2.07. The molecular weight excluding hydrogens is 276 g/mol. The molecule has 20 heavy (non-hydrogen) atoms. The van der Waals surface area contributed by atoms with Crippen LogP contribution in [0.4, 0.5) is 0 Å². The molecule has 102 valence electrons. The van der Waals surface area contributed by atoms with Crippen LogP contribution < -0.4 is 4.74 Å². The summed E-state index contributed by atoms with van der Waals surface area (Å²) in [5.74, 6) is -0.436. The zero-order chi connectivity index (χ0) is 14.3. The summed E-state index contributed by atoms with van der Waals surface area (Å²) in [7, 11) is 0. The summed E-state index contributed by atoms with van der Waals surface area (Å²) in [6, 6.07) is 6.38. The number of hydrogen-bond donors (Lipinski definition) is 2. The summed E-state index contributed by atoms with van der Waals surface area (Å²) in [5.41, 5.74) is 0.0984. The second-order valence-electron chi connectivity index (χ2n) is 4.44. The predicted molar refractivity (Wildman–Crippen MR) is 76.4 cm³/mol. The Balaban J connectivity index is 1.99. The van der Waals surface area contributed by atoms with Gasteiger partial charge in [-0.15, -0.1) is 11.3 Å². The van der Waals surface area contributed by atoms with Crippen LogP contribution in [0.2, 0.25) is 0 Å². The van der Waals surface area contributed by atoms with Crippen molar-refractivity contribution < 1.29 is 19.7 Å². The van der Waals surface area contributed by atoms with E-state index in [4.69, 9.17) is 4.74 Å². The number of carbonyl (C=O) groups is 1. The number of ketones is 1. The van der Waals surface area contributed by atoms with Gasteiger partial charge in [-0.05, 0) is 18.6 Å². The van der Waals surface area contributed by atoms with Gasteiger partial charge < -0.3 is 14.9 Å². The molecule has 0 atom stereocenters. The molecule has 1 aliphatic rings. The quantitative estimate of drug-likeness (QED) is 0.832. The van der Waals surface area contributed by atoms with Gasteiger partial charge in [-0.1, -0.05) is 6.92 Å². The van der Waals surface area contributed by atoms with E-state index in [1.165, 1.54) is 10.9 Å². The number of allylic oxidation sites excluding steroid dienone is 1. The van der Waals surface area contributed by atoms with Crippen molar-refractivity contribution in [1.29, 1.82) is 0 Å². The lowest BCUT2D eigenvalue weighted by Crippen LogP contribution is -1.97. The normalized spacial score (nSPS) is 15.4. The standard InChI is InChI=1S/C15H12O4S/c1-2-9-3-4-10(20-9)7-13-15(18)14-11(17)5-8(16)6-12(14)19-13/h3-7,16-17H,2H2,1H3/b13-7-. The number of phenols is 2. The van der Waals surface area contributed by atoms with Crippen molar-refractivity contribution in [1.82, 2.24) is 0 Å². The van der Waals surface area contributed by atoms with Crippen molar-refractivity contribution in [3.8, 4) is 17.2 Å². The Hall–Kier alpha value is -2.27. The average molecular weight is 288 g/mol. The third kappa shape index (κ3) is 2.06. The van der Waals surface area contributed by atoms with E-state index in [2.05, 4.69) is 6.92 Å². The van der Waals surface area contributed by atoms with Crippen LogP contribution in [-0.2, 0) is 6.42 Å². The summed E-state index contributed by atoms with van der Waals surface area (Å²) >= 11 is 1.59. The Bertz CT molecular complexity index is 727. The molecule has 1 aromatic heterocycles. The molecular formula is C15H12O4S. The Morgan fingerprint density at radius 1 is 1.30 bits per heavy atom. The minimum atomic E-state index is -0.371. The van der Waals surface area contributed by atoms with Crippen LogP contribution in [0.25, 0.3) is 6.08 Å². The number of benzene rings is 1. The van der Waals surface area contributed by atoms with E-state index in [-0.39, 0.29) is 34.4 Å². The second kappa shape index (κ2) is 4.68. The van der Waals surface area contributed by atoms with Gasteiger partial charge in [0.15, 0.2) is 5.76 Å². The van der Waals surface area contributed by atoms with E-state index in [0.717, 1.165) is 17.4 Å². The monoisotopic (exact) mass is 288 g/mol. The van der Waals surface area contributed by atoms with Gasteiger partial charge in [0, 0.05) is 28.0 Å². The highest BCUT2D eigenvalue weighted by atomic mass is 32.1. The number of fused-ring (bicyclic) bond motifs is 1. The predicted octanol–water partition coefficient (Wildman–Crippen LogP) is 3.34. The zero-order valence-electron chi connectivity index (χ0n) is 10.7. The molecule has 5 heteroatoms. The average Bonchev–Trinajstić information content (AvgIpc) is 2.95. The van der Waals surface area contributed by atoms with Crippen LogP contribution in [0.3, 0.4) is 0 Å². The lowest BCUT2D eigenvalue weighted by atomic mass is 10.1. The molecule has 0 fully saturated rings. The smallest absolute Gasteiger partial charge is 0.235 e. The number of carbonyl (C=O) groups excluding carboxylic acids is 1. The van der Waals surface area contributed by atoms with E-state index >= 15 is 0 Å². The van der Waals surface area contributed by atoms with Crippen molar-refractivity contribution in [2.75, 3.05) is 0 Å². The Kier molecular flexibility index (Phi) is 2.99. The van der Waals surface area contributed by atoms with Gasteiger partial charge in [-0.25, -0.2) is 0 Å². The topological polar surface area (TPSA) is 66.8 Å². The van der Waals surface area contributed by atoms with Crippen molar-refractivity contribution in [3.05, 3.63) is 45.3 Å². The highest BCUT2D eigenvalue weighted by Crippen LogP contribution is 2.40. The molecule has 3 rings (SSSR count). The van der Waals surface area contributed by atoms with E-state index in [1.54, 1.807) is 17.4 Å². The molecule has 0 radical (unpaired) electrons. The molecule has 4 nitrogen and oxygen atoms in total. The molecule has 0 spiro atoms. The first-order valence-corrected chi connectivity index (χ1v) is 6.99. The highest BCUT2D eigenvalue weighted by Gasteiger charge is 2.31. The molecule has 2 N–H and O–H groups in total. The maximum absolute atomic E-state index is 12.2. The van der Waals surface area contributed by atoms with Crippen LogP contribution in [0, 0.1) is 0 Å². The lowest BCUT2D eigenvalue weighted by molar-refractivity contribution is 0.101. The summed E-state index contributed by atoms with van der Waals surface area (Å²) in [6.45, 7) is 2.07. The van der Waals surface area contributed by atoms with E-state index in [1.807, 2.05) is 12.1 Å². The number of aromatic hydroxyl groups is 2. The summed E-state index contributed by atoms with van der Waals surface area (Å²) < 4.78 is 5.43. The molecule has 0 saturated carbocycles. The largest absolute Gasteiger partial charge is 0.508 e. The van der Waals surface area contributed by atoms with Gasteiger partial charge in [-0.2, -0.15) is 0 Å². The highest BCUT2D eigenvalue weighted by molar-refractivity contribution is 7.12. The molecule has 1 aliphatic heterocycles. The number of hydrogen-bond acceptors (Lipinski definition) is 5. The van der Waals surface area contributed by atoms with Crippen molar-refractivity contribution in [2.45, 2.75) is 13.3 Å². The minimum Gasteiger partial charge on any atom is -0.508 e. The molecule has 0 unspecified atom stereocenters. The third-order valence-corrected chi connectivity index (χ3v) is 4.22. The summed E-state index contributed by atoms with van der Waals surface area (Å²) in [5, 5.41) is 19.1. The Morgan fingerprint density at radius 2 is 2.10 bits per heavy atom. The van der Waals surface area contributed by atoms with Crippen LogP contribution in [0.15, 0.2) is 30.0 Å². The van der Waals surface area contributed by atoms with Gasteiger partial charge in [0.05, 0.1) is 0 Å². The minimum absolute atomic E-state index is 0.0984. The Labute approximate surface area is 119 Å². The van der Waals surface area contributed by atoms with Gasteiger partial charge >= 0.3 is 0 Å². The maximum atomic E-state index is 12.2. The maximum Gasteiger partial charge on any atom is 0.235 e. The SMILES string of the molecule is CCc1ccc(/C=C2\Oc3cc(O)cc(O)c3C2=O)s1. The number of ether oxygens (including phenoxy) is 1. The fraction of sp³-hybridized carbons (Fsp3) is 0.133. The number of aryl methyl sites for hydroxylation is 1. The van der Waals surface area contributed by atoms with E-state index in [0.29, 0.717) is 0 Å². The molecule has 0 amide bonds. The summed E-state index contributed by atoms with van der Waals surface area (Å²) in [6.07, 6.45) is 2.60. The summed E-state index contributed by atoms with van der Waals surface area (Å²) in [4.78, 5) is 14.3. The fourth-order valence-corrected chi connectivity index (χ4v) is 2.95. The van der Waals surface area contributed by atoms with Gasteiger partial charge in [0.2, 0.25) is 5.78 Å². The molecule has 0 bridgehead atoms. The third-order valence-electron chi connectivity index (χ3n) is 3.04. The molecule has 2 aromatic rings. The molecule has 2 heterocycles. The van der Waals surface area contributed by atoms with Crippen molar-refractivity contribution in [2.24, 2.45) is 0 Å². The number of thiophene rings is 1. The second-order valence-corrected chi connectivity index (χ2v) is 5.64. The van der Waals surface area contributed by atoms with Crippen LogP contribution in [-0.4, -0.2) is 16.0 Å². The molecule has 0 saturated heterocycles. The first-order chi connectivity index (χ1) is 9.58. The molecule has 1 aromatic carbocycles. The van der Waals surface area contributed by atoms with Crippen LogP contribution in [0.5, 0.6) is 17.2 Å². The van der Waals surface area contributed by atoms with Crippen molar-refractivity contribution >= 4 is 23.2 Å². The first kappa shape index (κ1) is 12.7. The van der Waals surface area contributed by atoms with Gasteiger partial charge in [0.1, 0.15) is 22.8 Å². The number of rotatable bonds is 2. The van der Waals surface area contributed by atoms with Crippen LogP contribution >= 0.6 is 11.3 Å². The van der Waals surface area contributed by atoms with Crippen molar-refractivity contribution in [3.63, 3.8) is 0 Å². The van der Waals surface area contributed by atoms with Gasteiger partial charge in [-0.3, -0.25) is 4.79 Å². The number of phenolic OH excluding ortho intramolecular Hbond substituents is 2. The lowest BCUT2D eigenvalue weighted by Gasteiger charge is -1.99. The van der Waals surface area contributed by atoms with Crippen LogP contribution in [0.1, 0.15) is 27.0 Å². The first-order valence-electron chi connectivity index (χ1n) is 6.17. The van der Waals surface area contributed by atoms with E-state index in [9.17, 15) is 15.0 Å².